The molecule has 140 valence electrons. The van der Waals surface area contributed by atoms with Crippen LogP contribution < -0.4 is 0 Å². The molecular formula is C22H29NO3. The van der Waals surface area contributed by atoms with Crippen LogP contribution in [0.2, 0.25) is 0 Å². The number of unbranched alkanes of at least 4 members (excludes halogenated alkanes) is 2. The molecule has 1 aromatic carbocycles. The van der Waals surface area contributed by atoms with Gasteiger partial charge >= 0.3 is 5.97 Å². The third-order valence-corrected chi connectivity index (χ3v) is 5.51. The number of amides is 1. The van der Waals surface area contributed by atoms with E-state index in [1.165, 1.54) is 32.1 Å². The number of benzene rings is 1. The molecule has 1 saturated carbocycles. The van der Waals surface area contributed by atoms with Gasteiger partial charge in [-0.1, -0.05) is 50.0 Å². The first-order valence-electron chi connectivity index (χ1n) is 9.92. The van der Waals surface area contributed by atoms with E-state index < -0.39 is 5.97 Å². The lowest BCUT2D eigenvalue weighted by Gasteiger charge is -2.22. The second kappa shape index (κ2) is 9.02. The maximum absolute atomic E-state index is 12.2. The second-order valence-electron chi connectivity index (χ2n) is 7.60. The molecule has 4 nitrogen and oxygen atoms in total. The van der Waals surface area contributed by atoms with E-state index in [0.29, 0.717) is 18.5 Å². The fraction of sp³-hybridized carbons (Fsp3) is 0.545. The quantitative estimate of drug-likeness (QED) is 0.498. The zero-order valence-electron chi connectivity index (χ0n) is 15.4. The van der Waals surface area contributed by atoms with Crippen LogP contribution in [0.25, 0.3) is 0 Å². The topological polar surface area (TPSA) is 57.6 Å². The van der Waals surface area contributed by atoms with E-state index in [-0.39, 0.29) is 11.9 Å². The third-order valence-electron chi connectivity index (χ3n) is 5.51. The van der Waals surface area contributed by atoms with E-state index in [1.807, 2.05) is 17.0 Å². The fourth-order valence-electron chi connectivity index (χ4n) is 3.66. The molecule has 1 aromatic rings. The zero-order valence-corrected chi connectivity index (χ0v) is 15.4. The SMILES string of the molecule is O=C(O)c1ccc(CCN2C(=O)CCC2/C=C/CCCCC2CC2)cc1. The van der Waals surface area contributed by atoms with Crippen LogP contribution in [0.1, 0.15) is 67.3 Å². The molecule has 0 radical (unpaired) electrons. The van der Waals surface area contributed by atoms with Gasteiger partial charge in [-0.15, -0.1) is 0 Å². The Balaban J connectivity index is 1.43. The smallest absolute Gasteiger partial charge is 0.335 e. The van der Waals surface area contributed by atoms with Crippen molar-refractivity contribution >= 4 is 11.9 Å². The van der Waals surface area contributed by atoms with Crippen LogP contribution in [0.3, 0.4) is 0 Å². The van der Waals surface area contributed by atoms with E-state index in [9.17, 15) is 9.59 Å². The molecule has 0 spiro atoms. The molecule has 1 aliphatic carbocycles. The number of hydrogen-bond donors (Lipinski definition) is 1. The summed E-state index contributed by atoms with van der Waals surface area (Å²) in [6, 6.07) is 7.17. The van der Waals surface area contributed by atoms with Gasteiger partial charge in [-0.2, -0.15) is 0 Å². The molecule has 26 heavy (non-hydrogen) atoms. The van der Waals surface area contributed by atoms with Crippen LogP contribution in [-0.2, 0) is 11.2 Å². The summed E-state index contributed by atoms with van der Waals surface area (Å²) in [5.74, 6) is 0.343. The first-order valence-corrected chi connectivity index (χ1v) is 9.92. The largest absolute Gasteiger partial charge is 0.478 e. The highest BCUT2D eigenvalue weighted by Gasteiger charge is 2.28. The highest BCUT2D eigenvalue weighted by Crippen LogP contribution is 2.34. The molecule has 1 saturated heterocycles. The predicted molar refractivity (Wildman–Crippen MR) is 102 cm³/mol. The first-order chi connectivity index (χ1) is 12.6. The number of rotatable bonds is 10. The van der Waals surface area contributed by atoms with Gasteiger partial charge in [0.05, 0.1) is 11.6 Å². The molecule has 2 fully saturated rings. The molecule has 1 atom stereocenters. The van der Waals surface area contributed by atoms with Gasteiger partial charge in [0.15, 0.2) is 0 Å². The lowest BCUT2D eigenvalue weighted by Crippen LogP contribution is -2.33. The Labute approximate surface area is 155 Å². The number of likely N-dealkylation sites (tertiary alicyclic amines) is 1. The highest BCUT2D eigenvalue weighted by atomic mass is 16.4. The summed E-state index contributed by atoms with van der Waals surface area (Å²) < 4.78 is 0. The maximum Gasteiger partial charge on any atom is 0.335 e. The summed E-state index contributed by atoms with van der Waals surface area (Å²) in [4.78, 5) is 25.1. The van der Waals surface area contributed by atoms with Crippen molar-refractivity contribution in [1.29, 1.82) is 0 Å². The van der Waals surface area contributed by atoms with Crippen molar-refractivity contribution < 1.29 is 14.7 Å². The molecule has 1 aliphatic heterocycles. The number of allylic oxidation sites excluding steroid dienone is 1. The molecule has 3 rings (SSSR count). The van der Waals surface area contributed by atoms with Crippen LogP contribution in [0, 0.1) is 5.92 Å². The Morgan fingerprint density at radius 1 is 1.15 bits per heavy atom. The number of carbonyl (C=O) groups is 2. The number of aromatic carboxylic acids is 1. The average molecular weight is 355 g/mol. The van der Waals surface area contributed by atoms with E-state index >= 15 is 0 Å². The molecule has 0 aromatic heterocycles. The van der Waals surface area contributed by atoms with E-state index in [0.717, 1.165) is 30.7 Å². The van der Waals surface area contributed by atoms with Crippen molar-refractivity contribution in [2.45, 2.75) is 63.8 Å². The summed E-state index contributed by atoms with van der Waals surface area (Å²) in [5, 5.41) is 8.95. The normalized spacial score (nSPS) is 20.2. The number of carboxylic acids is 1. The Kier molecular flexibility index (Phi) is 6.48. The molecule has 1 amide bonds. The van der Waals surface area contributed by atoms with Gasteiger partial charge in [0.1, 0.15) is 0 Å². The van der Waals surface area contributed by atoms with Crippen LogP contribution in [0.4, 0.5) is 0 Å². The minimum absolute atomic E-state index is 0.226. The average Bonchev–Trinajstić information content (AvgIpc) is 3.40. The summed E-state index contributed by atoms with van der Waals surface area (Å²) in [6.07, 6.45) is 14.7. The Morgan fingerprint density at radius 2 is 1.92 bits per heavy atom. The van der Waals surface area contributed by atoms with E-state index in [4.69, 9.17) is 5.11 Å². The molecule has 2 aliphatic rings. The maximum atomic E-state index is 12.2. The second-order valence-corrected chi connectivity index (χ2v) is 7.60. The van der Waals surface area contributed by atoms with Crippen LogP contribution in [0.15, 0.2) is 36.4 Å². The summed E-state index contributed by atoms with van der Waals surface area (Å²) >= 11 is 0. The first kappa shape index (κ1) is 18.7. The number of carboxylic acid groups (broad SMARTS) is 1. The van der Waals surface area contributed by atoms with Gasteiger partial charge < -0.3 is 10.0 Å². The standard InChI is InChI=1S/C22H29NO3/c24-21-14-13-20(6-4-2-1-3-5-17-7-8-17)23(21)16-15-18-9-11-19(12-10-18)22(25)26/h4,6,9-12,17,20H,1-3,5,7-8,13-16H2,(H,25,26)/b6-4+. The molecule has 1 heterocycles. The predicted octanol–water partition coefficient (Wildman–Crippen LogP) is 4.44. The molecule has 4 heteroatoms. The van der Waals surface area contributed by atoms with Gasteiger partial charge in [0, 0.05) is 13.0 Å². The van der Waals surface area contributed by atoms with Gasteiger partial charge in [0.25, 0.3) is 0 Å². The molecule has 1 N–H and O–H groups in total. The summed E-state index contributed by atoms with van der Waals surface area (Å²) in [5.41, 5.74) is 1.37. The van der Waals surface area contributed by atoms with Crippen LogP contribution in [0.5, 0.6) is 0 Å². The Hall–Kier alpha value is -2.10. The number of nitrogens with zero attached hydrogens (tertiary/aromatic N) is 1. The van der Waals surface area contributed by atoms with Crippen LogP contribution in [-0.4, -0.2) is 34.5 Å². The Morgan fingerprint density at radius 3 is 2.62 bits per heavy atom. The van der Waals surface area contributed by atoms with Crippen molar-refractivity contribution in [3.8, 4) is 0 Å². The molecule has 0 bridgehead atoms. The van der Waals surface area contributed by atoms with E-state index in [1.54, 1.807) is 12.1 Å². The van der Waals surface area contributed by atoms with Crippen molar-refractivity contribution in [3.63, 3.8) is 0 Å². The van der Waals surface area contributed by atoms with E-state index in [2.05, 4.69) is 12.2 Å². The number of carbonyl (C=O) groups excluding carboxylic acids is 1. The summed E-state index contributed by atoms with van der Waals surface area (Å²) in [7, 11) is 0. The van der Waals surface area contributed by atoms with Crippen molar-refractivity contribution in [2.75, 3.05) is 6.54 Å². The van der Waals surface area contributed by atoms with Gasteiger partial charge in [-0.05, 0) is 49.3 Å². The van der Waals surface area contributed by atoms with Gasteiger partial charge in [-0.3, -0.25) is 4.79 Å². The van der Waals surface area contributed by atoms with Gasteiger partial charge in [-0.25, -0.2) is 4.79 Å². The lowest BCUT2D eigenvalue weighted by molar-refractivity contribution is -0.128. The van der Waals surface area contributed by atoms with Gasteiger partial charge in [0.2, 0.25) is 5.91 Å². The third kappa shape index (κ3) is 5.45. The van der Waals surface area contributed by atoms with Crippen LogP contribution >= 0.6 is 0 Å². The number of hydrogen-bond acceptors (Lipinski definition) is 2. The van der Waals surface area contributed by atoms with Crippen molar-refractivity contribution in [2.24, 2.45) is 5.92 Å². The molecular weight excluding hydrogens is 326 g/mol. The summed E-state index contributed by atoms with van der Waals surface area (Å²) in [6.45, 7) is 0.696. The molecule has 1 unspecified atom stereocenters. The Bertz CT molecular complexity index is 646. The van der Waals surface area contributed by atoms with Crippen molar-refractivity contribution in [3.05, 3.63) is 47.5 Å². The van der Waals surface area contributed by atoms with Crippen molar-refractivity contribution in [1.82, 2.24) is 4.90 Å². The fourth-order valence-corrected chi connectivity index (χ4v) is 3.66. The monoisotopic (exact) mass is 355 g/mol. The minimum Gasteiger partial charge on any atom is -0.478 e. The minimum atomic E-state index is -0.909. The lowest BCUT2D eigenvalue weighted by atomic mass is 10.1. The zero-order chi connectivity index (χ0) is 18.4. The highest BCUT2D eigenvalue weighted by molar-refractivity contribution is 5.87.